The number of H-pyrrole nitrogens is 1. The minimum atomic E-state index is -0.912. The Kier molecular flexibility index (Phi) is 3.55. The van der Waals surface area contributed by atoms with Crippen LogP contribution in [0.4, 0.5) is 4.39 Å². The van der Waals surface area contributed by atoms with Gasteiger partial charge in [0.2, 0.25) is 0 Å². The van der Waals surface area contributed by atoms with E-state index in [0.717, 1.165) is 19.3 Å². The summed E-state index contributed by atoms with van der Waals surface area (Å²) >= 11 is 0. The van der Waals surface area contributed by atoms with Crippen LogP contribution in [0.25, 0.3) is 28.3 Å². The van der Waals surface area contributed by atoms with E-state index in [1.54, 1.807) is 16.7 Å². The first-order chi connectivity index (χ1) is 13.6. The summed E-state index contributed by atoms with van der Waals surface area (Å²) in [5, 5.41) is 9.90. The molecule has 9 heteroatoms. The van der Waals surface area contributed by atoms with Crippen molar-refractivity contribution in [3.63, 3.8) is 0 Å². The second kappa shape index (κ2) is 5.99. The van der Waals surface area contributed by atoms with E-state index in [1.165, 1.54) is 23.0 Å². The average molecular weight is 377 g/mol. The van der Waals surface area contributed by atoms with E-state index in [1.807, 2.05) is 0 Å². The smallest absolute Gasteiger partial charge is 0.303 e. The Bertz CT molecular complexity index is 1300. The van der Waals surface area contributed by atoms with Gasteiger partial charge in [0, 0.05) is 6.20 Å². The Labute approximate surface area is 158 Å². The molecule has 0 saturated heterocycles. The van der Waals surface area contributed by atoms with E-state index >= 15 is 0 Å². The van der Waals surface area contributed by atoms with Gasteiger partial charge in [-0.25, -0.2) is 24.1 Å². The number of imidazole rings is 2. The molecule has 1 aliphatic rings. The molecule has 4 aromatic rings. The van der Waals surface area contributed by atoms with Crippen molar-refractivity contribution in [2.24, 2.45) is 0 Å². The summed E-state index contributed by atoms with van der Waals surface area (Å²) in [7, 11) is 0. The molecular formula is C19H16FN7O. The molecule has 0 radical (unpaired) electrons. The summed E-state index contributed by atoms with van der Waals surface area (Å²) in [6.45, 7) is 0. The van der Waals surface area contributed by atoms with Gasteiger partial charge in [-0.3, -0.25) is 8.97 Å². The van der Waals surface area contributed by atoms with Crippen LogP contribution in [0.2, 0.25) is 0 Å². The van der Waals surface area contributed by atoms with Gasteiger partial charge in [-0.05, 0) is 25.0 Å². The Morgan fingerprint density at radius 3 is 2.79 bits per heavy atom. The number of aromatic amines is 1. The lowest BCUT2D eigenvalue weighted by Gasteiger charge is -2.31. The topological polar surface area (TPSA) is 105 Å². The number of nitrogens with zero attached hydrogens (tertiary/aromatic N) is 6. The van der Waals surface area contributed by atoms with Crippen molar-refractivity contribution in [2.45, 2.75) is 37.6 Å². The lowest BCUT2D eigenvalue weighted by molar-refractivity contribution is 0.266. The summed E-state index contributed by atoms with van der Waals surface area (Å²) in [5.74, 6) is -0.0979. The lowest BCUT2D eigenvalue weighted by atomic mass is 9.82. The van der Waals surface area contributed by atoms with Gasteiger partial charge in [0.25, 0.3) is 0 Å². The molecule has 1 aliphatic carbocycles. The van der Waals surface area contributed by atoms with Crippen LogP contribution in [0, 0.1) is 17.1 Å². The number of rotatable bonds is 2. The number of nitrogens with one attached hydrogen (secondary N) is 1. The Balaban J connectivity index is 1.74. The quantitative estimate of drug-likeness (QED) is 0.578. The third-order valence-corrected chi connectivity index (χ3v) is 5.44. The molecule has 0 spiro atoms. The molecule has 1 saturated carbocycles. The van der Waals surface area contributed by atoms with E-state index in [9.17, 15) is 14.4 Å². The maximum absolute atomic E-state index is 13.7. The lowest BCUT2D eigenvalue weighted by Crippen LogP contribution is -2.40. The molecule has 0 aliphatic heterocycles. The molecule has 0 unspecified atom stereocenters. The van der Waals surface area contributed by atoms with Gasteiger partial charge < -0.3 is 4.98 Å². The molecule has 8 nitrogen and oxygen atoms in total. The van der Waals surface area contributed by atoms with Crippen LogP contribution in [0.5, 0.6) is 0 Å². The molecule has 140 valence electrons. The molecule has 4 aromatic heterocycles. The number of fused-ring (bicyclic) bond motifs is 2. The first kappa shape index (κ1) is 16.6. The normalized spacial score (nSPS) is 16.4. The third kappa shape index (κ3) is 2.34. The van der Waals surface area contributed by atoms with Crippen LogP contribution in [-0.2, 0) is 5.54 Å². The Morgan fingerprint density at radius 2 is 2.00 bits per heavy atom. The Hall–Kier alpha value is -3.54. The number of halogens is 1. The van der Waals surface area contributed by atoms with E-state index in [2.05, 4.69) is 26.0 Å². The standard InChI is InChI=1S/C19H16FN7O/c20-12-4-5-15-22-9-14(26(15)10-12)16-23-8-13-17(25-16)27(18(28)24-13)19(11-21)6-2-1-3-7-19/h4-5,8-10H,1-3,6-7H2,(H,24,28). The van der Waals surface area contributed by atoms with Crippen molar-refractivity contribution in [3.05, 3.63) is 47.0 Å². The van der Waals surface area contributed by atoms with Crippen LogP contribution < -0.4 is 5.69 Å². The van der Waals surface area contributed by atoms with Crippen molar-refractivity contribution in [1.82, 2.24) is 28.9 Å². The number of hydrogen-bond donors (Lipinski definition) is 1. The van der Waals surface area contributed by atoms with Crippen LogP contribution in [0.1, 0.15) is 32.1 Å². The number of pyridine rings is 1. The summed E-state index contributed by atoms with van der Waals surface area (Å²) in [6.07, 6.45) is 8.43. The second-order valence-corrected chi connectivity index (χ2v) is 7.12. The van der Waals surface area contributed by atoms with Gasteiger partial charge in [-0.15, -0.1) is 0 Å². The van der Waals surface area contributed by atoms with Gasteiger partial charge in [-0.1, -0.05) is 19.3 Å². The maximum atomic E-state index is 13.7. The molecule has 0 amide bonds. The summed E-state index contributed by atoms with van der Waals surface area (Å²) < 4.78 is 16.7. The zero-order valence-corrected chi connectivity index (χ0v) is 14.9. The van der Waals surface area contributed by atoms with Crippen molar-refractivity contribution in [2.75, 3.05) is 0 Å². The molecule has 1 fully saturated rings. The highest BCUT2D eigenvalue weighted by Gasteiger charge is 2.37. The molecule has 0 aromatic carbocycles. The predicted octanol–water partition coefficient (Wildman–Crippen LogP) is 2.76. The van der Waals surface area contributed by atoms with E-state index in [4.69, 9.17) is 0 Å². The predicted molar refractivity (Wildman–Crippen MR) is 99.0 cm³/mol. The Morgan fingerprint density at radius 1 is 1.18 bits per heavy atom. The first-order valence-electron chi connectivity index (χ1n) is 9.14. The van der Waals surface area contributed by atoms with Crippen molar-refractivity contribution in [1.29, 1.82) is 5.26 Å². The van der Waals surface area contributed by atoms with E-state index < -0.39 is 11.4 Å². The molecular weight excluding hydrogens is 361 g/mol. The second-order valence-electron chi connectivity index (χ2n) is 7.12. The monoisotopic (exact) mass is 377 g/mol. The minimum Gasteiger partial charge on any atom is -0.303 e. The summed E-state index contributed by atoms with van der Waals surface area (Å²) in [4.78, 5) is 28.6. The van der Waals surface area contributed by atoms with Gasteiger partial charge in [0.1, 0.15) is 28.2 Å². The summed E-state index contributed by atoms with van der Waals surface area (Å²) in [6, 6.07) is 5.26. The van der Waals surface area contributed by atoms with Crippen LogP contribution in [0.3, 0.4) is 0 Å². The number of aromatic nitrogens is 6. The first-order valence-corrected chi connectivity index (χ1v) is 9.14. The van der Waals surface area contributed by atoms with E-state index in [-0.39, 0.29) is 5.69 Å². The highest BCUT2D eigenvalue weighted by molar-refractivity contribution is 5.73. The van der Waals surface area contributed by atoms with Crippen molar-refractivity contribution < 1.29 is 4.39 Å². The largest absolute Gasteiger partial charge is 0.329 e. The van der Waals surface area contributed by atoms with Crippen LogP contribution in [-0.4, -0.2) is 28.9 Å². The van der Waals surface area contributed by atoms with Gasteiger partial charge in [-0.2, -0.15) is 5.26 Å². The molecule has 28 heavy (non-hydrogen) atoms. The van der Waals surface area contributed by atoms with Gasteiger partial charge >= 0.3 is 5.69 Å². The fourth-order valence-corrected chi connectivity index (χ4v) is 4.06. The fraction of sp³-hybridized carbons (Fsp3) is 0.316. The average Bonchev–Trinajstić information content (AvgIpc) is 3.27. The highest BCUT2D eigenvalue weighted by Crippen LogP contribution is 2.35. The van der Waals surface area contributed by atoms with Crippen molar-refractivity contribution in [3.8, 4) is 17.6 Å². The zero-order chi connectivity index (χ0) is 19.3. The molecule has 1 N–H and O–H groups in total. The van der Waals surface area contributed by atoms with Crippen LogP contribution >= 0.6 is 0 Å². The SMILES string of the molecule is N#CC1(n2c(=O)[nH]c3cnc(-c4cnc5ccc(F)cn45)nc32)CCCCC1. The van der Waals surface area contributed by atoms with Crippen molar-refractivity contribution >= 4 is 16.8 Å². The molecule has 4 heterocycles. The van der Waals surface area contributed by atoms with Crippen LogP contribution in [0.15, 0.2) is 35.5 Å². The maximum Gasteiger partial charge on any atom is 0.329 e. The molecule has 5 rings (SSSR count). The van der Waals surface area contributed by atoms with Gasteiger partial charge in [0.15, 0.2) is 11.5 Å². The number of hydrogen-bond acceptors (Lipinski definition) is 5. The molecule has 0 atom stereocenters. The minimum absolute atomic E-state index is 0.308. The third-order valence-electron chi connectivity index (χ3n) is 5.44. The van der Waals surface area contributed by atoms with E-state index in [0.29, 0.717) is 41.2 Å². The number of nitriles is 1. The van der Waals surface area contributed by atoms with Gasteiger partial charge in [0.05, 0.1) is 18.5 Å². The highest BCUT2D eigenvalue weighted by atomic mass is 19.1. The fourth-order valence-electron chi connectivity index (χ4n) is 4.06. The molecule has 0 bridgehead atoms. The zero-order valence-electron chi connectivity index (χ0n) is 14.9. The summed E-state index contributed by atoms with van der Waals surface area (Å²) in [5.41, 5.74) is 0.636.